The molecule has 1 fully saturated rings. The number of aromatic nitrogens is 2. The molecule has 0 spiro atoms. The van der Waals surface area contributed by atoms with Crippen LogP contribution in [-0.2, 0) is 0 Å². The number of hydrazine groups is 1. The lowest BCUT2D eigenvalue weighted by Gasteiger charge is -2.29. The van der Waals surface area contributed by atoms with Gasteiger partial charge in [0.1, 0.15) is 11.6 Å². The van der Waals surface area contributed by atoms with Gasteiger partial charge in [0.25, 0.3) is 6.43 Å². The number of carbonyl (C=O) groups is 1. The molecule has 4 rings (SSSR count). The van der Waals surface area contributed by atoms with Crippen molar-refractivity contribution in [3.8, 4) is 6.07 Å². The molecule has 3 aromatic rings. The van der Waals surface area contributed by atoms with Crippen LogP contribution in [0.2, 0.25) is 0 Å². The highest BCUT2D eigenvalue weighted by molar-refractivity contribution is 6.10. The quantitative estimate of drug-likeness (QED) is 0.105. The van der Waals surface area contributed by atoms with E-state index in [0.29, 0.717) is 51.2 Å². The van der Waals surface area contributed by atoms with E-state index in [1.165, 1.54) is 31.5 Å². The van der Waals surface area contributed by atoms with Crippen molar-refractivity contribution in [1.29, 1.82) is 5.26 Å². The van der Waals surface area contributed by atoms with Crippen molar-refractivity contribution >= 4 is 28.1 Å². The van der Waals surface area contributed by atoms with E-state index in [0.717, 1.165) is 5.01 Å². The molecule has 1 atom stereocenters. The first kappa shape index (κ1) is 30.6. The number of nitrogens with zero attached hydrogens (tertiary/aromatic N) is 4. The SMILES string of the molecule is CC(=O)c1cc(NC(/C(N)=C/N(N)C2(C(F)F)CC2)c2ccc(F)nc2C)cc2c(NCC(C)(C)C)c(C#N)cnc12. The number of aryl methyl sites for hydroxylation is 1. The zero-order valence-corrected chi connectivity index (χ0v) is 24.2. The Balaban J connectivity index is 1.87. The van der Waals surface area contributed by atoms with Crippen LogP contribution >= 0.6 is 0 Å². The van der Waals surface area contributed by atoms with Crippen LogP contribution in [0.1, 0.15) is 73.8 Å². The van der Waals surface area contributed by atoms with Crippen LogP contribution in [0.5, 0.6) is 0 Å². The van der Waals surface area contributed by atoms with Crippen LogP contribution in [0.25, 0.3) is 10.9 Å². The third kappa shape index (κ3) is 6.26. The standard InChI is InChI=1S/C30H35F3N8O/c1-16-20(6-7-24(31)39-16)27(23(35)14-41(36)30(8-9-30)28(32)33)40-19-10-21(17(2)42)26-22(11-19)25(18(12-34)13-37-26)38-15-29(3,4)5/h6-7,10-11,13-14,27-28,40H,8-9,15,35-36H2,1-5H3,(H,37,38)/b23-14-. The average molecular weight is 581 g/mol. The Morgan fingerprint density at radius 1 is 1.29 bits per heavy atom. The number of benzene rings is 1. The molecule has 1 saturated carbocycles. The van der Waals surface area contributed by atoms with Crippen molar-refractivity contribution in [3.05, 3.63) is 70.7 Å². The van der Waals surface area contributed by atoms with E-state index in [9.17, 15) is 23.2 Å². The molecule has 2 aromatic heterocycles. The molecule has 12 heteroatoms. The van der Waals surface area contributed by atoms with E-state index >= 15 is 0 Å². The number of fused-ring (bicyclic) bond motifs is 1. The minimum Gasteiger partial charge on any atom is -0.399 e. The number of ketones is 1. The molecule has 1 aromatic carbocycles. The Morgan fingerprint density at radius 2 is 1.98 bits per heavy atom. The highest BCUT2D eigenvalue weighted by atomic mass is 19.3. The maximum atomic E-state index is 13.9. The molecule has 2 heterocycles. The lowest BCUT2D eigenvalue weighted by atomic mass is 9.96. The summed E-state index contributed by atoms with van der Waals surface area (Å²) in [6.45, 7) is 9.67. The lowest BCUT2D eigenvalue weighted by Crippen LogP contribution is -2.44. The summed E-state index contributed by atoms with van der Waals surface area (Å²) in [5, 5.41) is 17.9. The largest absolute Gasteiger partial charge is 0.399 e. The first-order valence-corrected chi connectivity index (χ1v) is 13.5. The van der Waals surface area contributed by atoms with Gasteiger partial charge < -0.3 is 21.4 Å². The van der Waals surface area contributed by atoms with Crippen LogP contribution in [0.3, 0.4) is 0 Å². The number of carbonyl (C=O) groups excluding carboxylic acids is 1. The zero-order valence-electron chi connectivity index (χ0n) is 24.2. The van der Waals surface area contributed by atoms with E-state index in [4.69, 9.17) is 11.6 Å². The highest BCUT2D eigenvalue weighted by Gasteiger charge is 2.54. The molecule has 1 aliphatic rings. The van der Waals surface area contributed by atoms with Crippen LogP contribution in [0, 0.1) is 29.6 Å². The van der Waals surface area contributed by atoms with Gasteiger partial charge in [0.2, 0.25) is 5.95 Å². The summed E-state index contributed by atoms with van der Waals surface area (Å²) in [5.74, 6) is 5.09. The van der Waals surface area contributed by atoms with E-state index in [1.54, 1.807) is 19.1 Å². The summed E-state index contributed by atoms with van der Waals surface area (Å²) in [6, 6.07) is 7.26. The molecular formula is C30H35F3N8O. The minimum atomic E-state index is -2.67. The summed E-state index contributed by atoms with van der Waals surface area (Å²) in [4.78, 5) is 21.1. The van der Waals surface area contributed by atoms with E-state index in [1.807, 2.05) is 20.8 Å². The lowest BCUT2D eigenvalue weighted by molar-refractivity contribution is 0.0305. The second kappa shape index (κ2) is 11.5. The summed E-state index contributed by atoms with van der Waals surface area (Å²) >= 11 is 0. The maximum Gasteiger partial charge on any atom is 0.262 e. The highest BCUT2D eigenvalue weighted by Crippen LogP contribution is 2.46. The number of nitriles is 1. The van der Waals surface area contributed by atoms with Gasteiger partial charge >= 0.3 is 0 Å². The zero-order chi connectivity index (χ0) is 31.0. The molecule has 6 N–H and O–H groups in total. The molecule has 1 aliphatic carbocycles. The van der Waals surface area contributed by atoms with Crippen LogP contribution < -0.4 is 22.2 Å². The van der Waals surface area contributed by atoms with Gasteiger partial charge in [0.15, 0.2) is 5.78 Å². The number of hydrogen-bond donors (Lipinski definition) is 4. The van der Waals surface area contributed by atoms with Crippen LogP contribution in [-0.4, -0.2) is 39.3 Å². The van der Waals surface area contributed by atoms with Crippen molar-refractivity contribution in [2.24, 2.45) is 17.0 Å². The summed E-state index contributed by atoms with van der Waals surface area (Å²) in [7, 11) is 0. The molecule has 0 aliphatic heterocycles. The average Bonchev–Trinajstić information content (AvgIpc) is 3.72. The fraction of sp³-hybridized carbons (Fsp3) is 0.400. The topological polar surface area (TPSA) is 146 Å². The van der Waals surface area contributed by atoms with E-state index < -0.39 is 24.0 Å². The Bertz CT molecular complexity index is 1590. The van der Waals surface area contributed by atoms with Gasteiger partial charge in [-0.3, -0.25) is 9.78 Å². The van der Waals surface area contributed by atoms with Gasteiger partial charge in [-0.2, -0.15) is 9.65 Å². The van der Waals surface area contributed by atoms with E-state index in [2.05, 4.69) is 26.7 Å². The number of nitrogens with one attached hydrogen (secondary N) is 2. The van der Waals surface area contributed by atoms with Crippen LogP contribution in [0.15, 0.2) is 42.4 Å². The minimum absolute atomic E-state index is 0.0698. The number of anilines is 2. The Morgan fingerprint density at radius 3 is 2.52 bits per heavy atom. The predicted molar refractivity (Wildman–Crippen MR) is 156 cm³/mol. The molecule has 0 bridgehead atoms. The molecular weight excluding hydrogens is 545 g/mol. The van der Waals surface area contributed by atoms with Crippen molar-refractivity contribution in [2.45, 2.75) is 65.5 Å². The van der Waals surface area contributed by atoms with Crippen molar-refractivity contribution in [3.63, 3.8) is 0 Å². The molecule has 9 nitrogen and oxygen atoms in total. The number of Topliss-reactive ketones (excluding diaryl/α,β-unsaturated/α-hetero) is 1. The van der Waals surface area contributed by atoms with Crippen molar-refractivity contribution in [2.75, 3.05) is 17.2 Å². The molecule has 1 unspecified atom stereocenters. The van der Waals surface area contributed by atoms with E-state index in [-0.39, 0.29) is 29.7 Å². The fourth-order valence-corrected chi connectivity index (χ4v) is 4.72. The Kier molecular flexibility index (Phi) is 8.36. The fourth-order valence-electron chi connectivity index (χ4n) is 4.72. The van der Waals surface area contributed by atoms with Gasteiger partial charge in [-0.1, -0.05) is 26.8 Å². The smallest absolute Gasteiger partial charge is 0.262 e. The van der Waals surface area contributed by atoms with Crippen molar-refractivity contribution in [1.82, 2.24) is 15.0 Å². The molecule has 0 amide bonds. The molecule has 42 heavy (non-hydrogen) atoms. The van der Waals surface area contributed by atoms with Crippen molar-refractivity contribution < 1.29 is 18.0 Å². The number of nitrogens with two attached hydrogens (primary N) is 2. The third-order valence-electron chi connectivity index (χ3n) is 7.29. The Hall–Kier alpha value is -4.37. The monoisotopic (exact) mass is 580 g/mol. The van der Waals surface area contributed by atoms with Gasteiger partial charge in [0.05, 0.1) is 28.5 Å². The van der Waals surface area contributed by atoms with Gasteiger partial charge in [-0.05, 0) is 50.3 Å². The molecule has 222 valence electrons. The number of halogens is 3. The maximum absolute atomic E-state index is 13.9. The van der Waals surface area contributed by atoms with Gasteiger partial charge in [-0.25, -0.2) is 19.6 Å². The number of rotatable bonds is 10. The second-order valence-corrected chi connectivity index (χ2v) is 11.9. The first-order chi connectivity index (χ1) is 19.7. The summed E-state index contributed by atoms with van der Waals surface area (Å²) in [6.07, 6.45) is 0.428. The Labute approximate surface area is 242 Å². The second-order valence-electron chi connectivity index (χ2n) is 11.9. The number of hydrogen-bond acceptors (Lipinski definition) is 9. The summed E-state index contributed by atoms with van der Waals surface area (Å²) < 4.78 is 41.4. The number of alkyl halides is 2. The van der Waals surface area contributed by atoms with Gasteiger partial charge in [0, 0.05) is 46.8 Å². The van der Waals surface area contributed by atoms with Crippen LogP contribution in [0.4, 0.5) is 24.5 Å². The predicted octanol–water partition coefficient (Wildman–Crippen LogP) is 5.54. The molecule has 0 saturated heterocycles. The number of pyridine rings is 2. The normalized spacial score (nSPS) is 15.3. The molecule has 0 radical (unpaired) electrons. The first-order valence-electron chi connectivity index (χ1n) is 13.5. The van der Waals surface area contributed by atoms with Gasteiger partial charge in [-0.15, -0.1) is 0 Å². The summed E-state index contributed by atoms with van der Waals surface area (Å²) in [5.41, 5.74) is 7.67. The third-order valence-corrected chi connectivity index (χ3v) is 7.29.